The summed E-state index contributed by atoms with van der Waals surface area (Å²) in [6.45, 7) is 8.39. The van der Waals surface area contributed by atoms with Crippen molar-refractivity contribution >= 4 is 5.96 Å². The molecule has 0 aromatic carbocycles. The second kappa shape index (κ2) is 13.3. The second-order valence-electron chi connectivity index (χ2n) is 6.74. The molecule has 2 aliphatic heterocycles. The lowest BCUT2D eigenvalue weighted by Crippen LogP contribution is -2.38. The highest BCUT2D eigenvalue weighted by Gasteiger charge is 2.15. The number of ether oxygens (including phenoxy) is 4. The van der Waals surface area contributed by atoms with Crippen molar-refractivity contribution in [3.05, 3.63) is 0 Å². The Morgan fingerprint density at radius 2 is 1.44 bits per heavy atom. The van der Waals surface area contributed by atoms with Crippen LogP contribution in [0, 0.1) is 11.8 Å². The van der Waals surface area contributed by atoms with Crippen LogP contribution in [0.4, 0.5) is 0 Å². The van der Waals surface area contributed by atoms with Gasteiger partial charge >= 0.3 is 0 Å². The standard InChI is InChI=1S/C18H35N3O4/c1-19-18(20-6-2-8-22-12-16-4-10-24-14-16)21-7-3-9-23-13-17-5-11-25-15-17/h16-17H,2-15H2,1H3,(H2,19,20,21). The van der Waals surface area contributed by atoms with Gasteiger partial charge in [-0.05, 0) is 25.7 Å². The van der Waals surface area contributed by atoms with Gasteiger partial charge in [-0.25, -0.2) is 0 Å². The SMILES string of the molecule is CN=C(NCCCOCC1CCOC1)NCCCOCC1CCOC1. The zero-order valence-corrected chi connectivity index (χ0v) is 15.6. The molecule has 2 aliphatic rings. The minimum absolute atomic E-state index is 0.589. The Kier molecular flexibility index (Phi) is 10.9. The van der Waals surface area contributed by atoms with Crippen LogP contribution < -0.4 is 10.6 Å². The van der Waals surface area contributed by atoms with Crippen LogP contribution in [0.1, 0.15) is 25.7 Å². The van der Waals surface area contributed by atoms with Crippen LogP contribution >= 0.6 is 0 Å². The second-order valence-corrected chi connectivity index (χ2v) is 6.74. The molecule has 0 spiro atoms. The van der Waals surface area contributed by atoms with Crippen molar-refractivity contribution in [1.29, 1.82) is 0 Å². The lowest BCUT2D eigenvalue weighted by Gasteiger charge is -2.13. The molecule has 0 aromatic rings. The molecule has 0 bridgehead atoms. The molecule has 2 N–H and O–H groups in total. The first-order chi connectivity index (χ1) is 12.4. The number of aliphatic imine (C=N–C) groups is 1. The van der Waals surface area contributed by atoms with Crippen molar-refractivity contribution in [1.82, 2.24) is 10.6 Å². The monoisotopic (exact) mass is 357 g/mol. The highest BCUT2D eigenvalue weighted by Crippen LogP contribution is 2.12. The number of hydrogen-bond acceptors (Lipinski definition) is 5. The Morgan fingerprint density at radius 3 is 1.84 bits per heavy atom. The van der Waals surface area contributed by atoms with E-state index in [1.165, 1.54) is 0 Å². The molecule has 2 heterocycles. The van der Waals surface area contributed by atoms with E-state index in [4.69, 9.17) is 18.9 Å². The summed E-state index contributed by atoms with van der Waals surface area (Å²) in [7, 11) is 1.79. The Hall–Kier alpha value is -0.890. The van der Waals surface area contributed by atoms with Gasteiger partial charge in [-0.1, -0.05) is 0 Å². The van der Waals surface area contributed by atoms with Gasteiger partial charge in [0.25, 0.3) is 0 Å². The Morgan fingerprint density at radius 1 is 0.920 bits per heavy atom. The third-order valence-electron chi connectivity index (χ3n) is 4.49. The van der Waals surface area contributed by atoms with Crippen LogP contribution in [-0.2, 0) is 18.9 Å². The molecule has 0 amide bonds. The van der Waals surface area contributed by atoms with E-state index in [-0.39, 0.29) is 0 Å². The molecule has 0 aromatic heterocycles. The van der Waals surface area contributed by atoms with Crippen LogP contribution in [0.2, 0.25) is 0 Å². The molecule has 146 valence electrons. The van der Waals surface area contributed by atoms with Crippen LogP contribution in [0.25, 0.3) is 0 Å². The molecule has 0 aliphatic carbocycles. The largest absolute Gasteiger partial charge is 0.381 e. The van der Waals surface area contributed by atoms with Gasteiger partial charge in [0.05, 0.1) is 26.4 Å². The average molecular weight is 357 g/mol. The fourth-order valence-corrected chi connectivity index (χ4v) is 2.91. The first-order valence-corrected chi connectivity index (χ1v) is 9.64. The number of guanidine groups is 1. The van der Waals surface area contributed by atoms with Crippen molar-refractivity contribution < 1.29 is 18.9 Å². The maximum Gasteiger partial charge on any atom is 0.190 e. The summed E-state index contributed by atoms with van der Waals surface area (Å²) >= 11 is 0. The fraction of sp³-hybridized carbons (Fsp3) is 0.944. The maximum atomic E-state index is 5.69. The maximum absolute atomic E-state index is 5.69. The lowest BCUT2D eigenvalue weighted by atomic mass is 10.1. The normalized spacial score (nSPS) is 22.9. The molecule has 25 heavy (non-hydrogen) atoms. The zero-order chi connectivity index (χ0) is 17.6. The smallest absolute Gasteiger partial charge is 0.190 e. The Balaban J connectivity index is 1.36. The summed E-state index contributed by atoms with van der Waals surface area (Å²) in [5.74, 6) is 2.02. The quantitative estimate of drug-likeness (QED) is 0.309. The molecule has 2 unspecified atom stereocenters. The van der Waals surface area contributed by atoms with Crippen molar-refractivity contribution in [3.63, 3.8) is 0 Å². The first kappa shape index (κ1) is 20.4. The predicted molar refractivity (Wildman–Crippen MR) is 98.1 cm³/mol. The highest BCUT2D eigenvalue weighted by molar-refractivity contribution is 5.79. The molecular weight excluding hydrogens is 322 g/mol. The average Bonchev–Trinajstić information content (AvgIpc) is 3.32. The molecule has 0 radical (unpaired) electrons. The van der Waals surface area contributed by atoms with Gasteiger partial charge in [0.1, 0.15) is 0 Å². The molecule has 7 heteroatoms. The molecule has 7 nitrogen and oxygen atoms in total. The fourth-order valence-electron chi connectivity index (χ4n) is 2.91. The molecule has 2 fully saturated rings. The number of rotatable bonds is 12. The Labute approximate surface area is 151 Å². The van der Waals surface area contributed by atoms with Gasteiger partial charge in [0.15, 0.2) is 5.96 Å². The van der Waals surface area contributed by atoms with Gasteiger partial charge < -0.3 is 29.6 Å². The summed E-state index contributed by atoms with van der Waals surface area (Å²) < 4.78 is 22.1. The van der Waals surface area contributed by atoms with Crippen LogP contribution in [-0.4, -0.2) is 79.0 Å². The number of nitrogens with one attached hydrogen (secondary N) is 2. The number of nitrogens with zero attached hydrogens (tertiary/aromatic N) is 1. The summed E-state index contributed by atoms with van der Waals surface area (Å²) in [6.07, 6.45) is 4.21. The minimum Gasteiger partial charge on any atom is -0.381 e. The van der Waals surface area contributed by atoms with Gasteiger partial charge in [0, 0.05) is 58.4 Å². The summed E-state index contributed by atoms with van der Waals surface area (Å²) in [5.41, 5.74) is 0. The summed E-state index contributed by atoms with van der Waals surface area (Å²) in [5, 5.41) is 6.62. The van der Waals surface area contributed by atoms with E-state index in [1.54, 1.807) is 7.05 Å². The van der Waals surface area contributed by atoms with E-state index in [0.29, 0.717) is 11.8 Å². The van der Waals surface area contributed by atoms with Crippen LogP contribution in [0.3, 0.4) is 0 Å². The van der Waals surface area contributed by atoms with Crippen molar-refractivity contribution in [3.8, 4) is 0 Å². The third-order valence-corrected chi connectivity index (χ3v) is 4.49. The molecule has 2 rings (SSSR count). The van der Waals surface area contributed by atoms with Crippen LogP contribution in [0.15, 0.2) is 4.99 Å². The highest BCUT2D eigenvalue weighted by atomic mass is 16.5. The minimum atomic E-state index is 0.589. The van der Waals surface area contributed by atoms with Crippen molar-refractivity contribution in [2.75, 3.05) is 73.0 Å². The Bertz CT molecular complexity index is 326. The van der Waals surface area contributed by atoms with Gasteiger partial charge in [-0.2, -0.15) is 0 Å². The van der Waals surface area contributed by atoms with E-state index < -0.39 is 0 Å². The van der Waals surface area contributed by atoms with E-state index in [0.717, 1.165) is 97.6 Å². The number of hydrogen-bond donors (Lipinski definition) is 2. The van der Waals surface area contributed by atoms with Gasteiger partial charge in [-0.15, -0.1) is 0 Å². The topological polar surface area (TPSA) is 73.3 Å². The van der Waals surface area contributed by atoms with Crippen LogP contribution in [0.5, 0.6) is 0 Å². The zero-order valence-electron chi connectivity index (χ0n) is 15.6. The van der Waals surface area contributed by atoms with Gasteiger partial charge in [-0.3, -0.25) is 4.99 Å². The van der Waals surface area contributed by atoms with Crippen molar-refractivity contribution in [2.45, 2.75) is 25.7 Å². The predicted octanol–water partition coefficient (Wildman–Crippen LogP) is 1.04. The molecule has 0 saturated carbocycles. The van der Waals surface area contributed by atoms with E-state index in [9.17, 15) is 0 Å². The summed E-state index contributed by atoms with van der Waals surface area (Å²) in [6, 6.07) is 0. The summed E-state index contributed by atoms with van der Waals surface area (Å²) in [4.78, 5) is 4.23. The first-order valence-electron chi connectivity index (χ1n) is 9.64. The van der Waals surface area contributed by atoms with E-state index in [2.05, 4.69) is 15.6 Å². The van der Waals surface area contributed by atoms with E-state index >= 15 is 0 Å². The lowest BCUT2D eigenvalue weighted by molar-refractivity contribution is 0.0885. The van der Waals surface area contributed by atoms with Crippen molar-refractivity contribution in [2.24, 2.45) is 16.8 Å². The van der Waals surface area contributed by atoms with Gasteiger partial charge in [0.2, 0.25) is 0 Å². The molecule has 2 atom stereocenters. The molecular formula is C18H35N3O4. The molecule has 2 saturated heterocycles. The van der Waals surface area contributed by atoms with E-state index in [1.807, 2.05) is 0 Å². The third kappa shape index (κ3) is 9.39.